The zero-order valence-corrected chi connectivity index (χ0v) is 12.6. The Labute approximate surface area is 130 Å². The Kier molecular flexibility index (Phi) is 4.88. The van der Waals surface area contributed by atoms with Crippen molar-refractivity contribution in [1.82, 2.24) is 10.4 Å². The van der Waals surface area contributed by atoms with Crippen LogP contribution in [0.25, 0.3) is 0 Å². The van der Waals surface area contributed by atoms with Gasteiger partial charge in [0.05, 0.1) is 0 Å². The van der Waals surface area contributed by atoms with E-state index in [4.69, 9.17) is 0 Å². The van der Waals surface area contributed by atoms with Crippen LogP contribution in [0, 0.1) is 0 Å². The molecule has 2 aliphatic rings. The predicted octanol–water partition coefficient (Wildman–Crippen LogP) is 1.50. The number of likely N-dealkylation sites (N-methyl/N-ethyl adjacent to an activating group) is 1. The molecule has 1 amide bonds. The monoisotopic (exact) mass is 331 g/mol. The summed E-state index contributed by atoms with van der Waals surface area (Å²) in [5.74, 6) is -2.04. The van der Waals surface area contributed by atoms with Gasteiger partial charge in [-0.05, 0) is 18.1 Å². The molecule has 1 aliphatic carbocycles. The number of halogens is 3. The summed E-state index contributed by atoms with van der Waals surface area (Å²) in [4.78, 5) is 31.5. The minimum Gasteiger partial charge on any atom is -0.378 e. The first kappa shape index (κ1) is 17.2. The summed E-state index contributed by atoms with van der Waals surface area (Å²) in [7, 11) is 1.29. The summed E-state index contributed by atoms with van der Waals surface area (Å²) in [5.41, 5.74) is 0.262. The Morgan fingerprint density at radius 2 is 2.17 bits per heavy atom. The maximum absolute atomic E-state index is 12.6. The fraction of sp³-hybridized carbons (Fsp3) is 0.500. The Balaban J connectivity index is 2.09. The summed E-state index contributed by atoms with van der Waals surface area (Å²) in [6.45, 7) is 1.84. The van der Waals surface area contributed by atoms with Gasteiger partial charge in [-0.1, -0.05) is 19.1 Å². The lowest BCUT2D eigenvalue weighted by molar-refractivity contribution is -0.125. The molecule has 0 aromatic rings. The third kappa shape index (κ3) is 3.98. The first-order chi connectivity index (χ1) is 10.7. The molecule has 1 aliphatic heterocycles. The molecule has 126 valence electrons. The highest BCUT2D eigenvalue weighted by Gasteiger charge is 2.45. The van der Waals surface area contributed by atoms with Gasteiger partial charge in [-0.2, -0.15) is 13.2 Å². The van der Waals surface area contributed by atoms with Crippen molar-refractivity contribution in [3.63, 3.8) is 0 Å². The number of hydroxylamine groups is 2. The van der Waals surface area contributed by atoms with E-state index in [0.29, 0.717) is 12.8 Å². The van der Waals surface area contributed by atoms with Crippen LogP contribution < -0.4 is 5.32 Å². The number of alkyl halides is 3. The van der Waals surface area contributed by atoms with E-state index in [1.54, 1.807) is 0 Å². The quantitative estimate of drug-likeness (QED) is 0.847. The average molecular weight is 331 g/mol. The maximum atomic E-state index is 12.6. The van der Waals surface area contributed by atoms with Gasteiger partial charge >= 0.3 is 12.1 Å². The van der Waals surface area contributed by atoms with Gasteiger partial charge < -0.3 is 10.2 Å². The Hall–Kier alpha value is -2.16. The maximum Gasteiger partial charge on any atom is 0.470 e. The van der Waals surface area contributed by atoms with Crippen molar-refractivity contribution in [1.29, 1.82) is 0 Å². The lowest BCUT2D eigenvalue weighted by Crippen LogP contribution is -2.40. The van der Waals surface area contributed by atoms with Crippen LogP contribution in [0.4, 0.5) is 13.2 Å². The number of ketones is 1. The third-order valence-corrected chi connectivity index (χ3v) is 3.25. The van der Waals surface area contributed by atoms with E-state index in [1.807, 2.05) is 6.92 Å². The molecule has 0 bridgehead atoms. The SMILES string of the molecule is CCCC(=O)NC1C=CC(C2N=C(C(F)(F)F)ON2C)=CC1=O. The molecule has 6 nitrogen and oxygen atoms in total. The Morgan fingerprint density at radius 3 is 2.70 bits per heavy atom. The Bertz CT molecular complexity index is 596. The van der Waals surface area contributed by atoms with Gasteiger partial charge in [0, 0.05) is 13.5 Å². The first-order valence-electron chi connectivity index (χ1n) is 7.01. The van der Waals surface area contributed by atoms with Crippen molar-refractivity contribution in [2.45, 2.75) is 38.1 Å². The van der Waals surface area contributed by atoms with Crippen molar-refractivity contribution in [3.8, 4) is 0 Å². The van der Waals surface area contributed by atoms with Gasteiger partial charge in [0.1, 0.15) is 6.04 Å². The Morgan fingerprint density at radius 1 is 1.48 bits per heavy atom. The van der Waals surface area contributed by atoms with E-state index in [-0.39, 0.29) is 11.5 Å². The van der Waals surface area contributed by atoms with Crippen LogP contribution >= 0.6 is 0 Å². The molecular weight excluding hydrogens is 315 g/mol. The van der Waals surface area contributed by atoms with Crippen LogP contribution in [0.5, 0.6) is 0 Å². The second-order valence-electron chi connectivity index (χ2n) is 5.14. The topological polar surface area (TPSA) is 71.0 Å². The van der Waals surface area contributed by atoms with Crippen LogP contribution in [-0.2, 0) is 14.4 Å². The average Bonchev–Trinajstić information content (AvgIpc) is 2.83. The number of carbonyl (C=O) groups is 2. The number of aliphatic imine (C=N–C) groups is 1. The second kappa shape index (κ2) is 6.53. The molecule has 2 rings (SSSR count). The smallest absolute Gasteiger partial charge is 0.378 e. The minimum absolute atomic E-state index is 0.258. The van der Waals surface area contributed by atoms with Crippen molar-refractivity contribution in [2.75, 3.05) is 7.05 Å². The van der Waals surface area contributed by atoms with Crippen molar-refractivity contribution in [2.24, 2.45) is 4.99 Å². The number of nitrogens with one attached hydrogen (secondary N) is 1. The molecule has 0 spiro atoms. The summed E-state index contributed by atoms with van der Waals surface area (Å²) in [6.07, 6.45) is -0.735. The number of hydrogen-bond acceptors (Lipinski definition) is 5. The molecule has 0 aromatic heterocycles. The molecule has 1 heterocycles. The van der Waals surface area contributed by atoms with Crippen LogP contribution in [0.2, 0.25) is 0 Å². The van der Waals surface area contributed by atoms with Gasteiger partial charge in [-0.25, -0.2) is 4.99 Å². The van der Waals surface area contributed by atoms with Crippen LogP contribution in [-0.4, -0.2) is 48.1 Å². The highest BCUT2D eigenvalue weighted by atomic mass is 19.4. The minimum atomic E-state index is -4.69. The summed E-state index contributed by atoms with van der Waals surface area (Å²) in [6, 6.07) is -0.809. The first-order valence-corrected chi connectivity index (χ1v) is 7.01. The third-order valence-electron chi connectivity index (χ3n) is 3.25. The molecular formula is C14H16F3N3O3. The lowest BCUT2D eigenvalue weighted by Gasteiger charge is -2.21. The summed E-state index contributed by atoms with van der Waals surface area (Å²) >= 11 is 0. The molecule has 0 aromatic carbocycles. The predicted molar refractivity (Wildman–Crippen MR) is 75.2 cm³/mol. The zero-order valence-electron chi connectivity index (χ0n) is 12.6. The highest BCUT2D eigenvalue weighted by molar-refractivity contribution is 6.00. The molecule has 1 N–H and O–H groups in total. The molecule has 0 saturated heterocycles. The van der Waals surface area contributed by atoms with Crippen molar-refractivity contribution >= 4 is 17.6 Å². The van der Waals surface area contributed by atoms with Gasteiger partial charge in [0.2, 0.25) is 5.91 Å². The molecule has 2 unspecified atom stereocenters. The summed E-state index contributed by atoms with van der Waals surface area (Å²) < 4.78 is 37.8. The summed E-state index contributed by atoms with van der Waals surface area (Å²) in [5, 5.41) is 3.46. The molecule has 0 radical (unpaired) electrons. The number of nitrogens with zero attached hydrogens (tertiary/aromatic N) is 2. The van der Waals surface area contributed by atoms with E-state index in [0.717, 1.165) is 5.06 Å². The number of carbonyl (C=O) groups excluding carboxylic acids is 2. The fourth-order valence-electron chi connectivity index (χ4n) is 2.17. The highest BCUT2D eigenvalue weighted by Crippen LogP contribution is 2.28. The van der Waals surface area contributed by atoms with Gasteiger partial charge in [0.15, 0.2) is 11.9 Å². The van der Waals surface area contributed by atoms with E-state index < -0.39 is 30.1 Å². The van der Waals surface area contributed by atoms with E-state index in [1.165, 1.54) is 25.3 Å². The van der Waals surface area contributed by atoms with Crippen LogP contribution in [0.1, 0.15) is 19.8 Å². The van der Waals surface area contributed by atoms with Gasteiger partial charge in [0.25, 0.3) is 0 Å². The number of hydrogen-bond donors (Lipinski definition) is 1. The van der Waals surface area contributed by atoms with E-state index >= 15 is 0 Å². The standard InChI is InChI=1S/C14H16F3N3O3/c1-3-4-11(22)18-9-6-5-8(7-10(9)21)12-19-13(14(15,16)17)23-20(12)2/h5-7,9,12H,3-4H2,1-2H3,(H,18,22). The lowest BCUT2D eigenvalue weighted by atomic mass is 9.99. The van der Waals surface area contributed by atoms with E-state index in [2.05, 4.69) is 15.1 Å². The van der Waals surface area contributed by atoms with Gasteiger partial charge in [-0.3, -0.25) is 9.59 Å². The fourth-order valence-corrected chi connectivity index (χ4v) is 2.17. The zero-order chi connectivity index (χ0) is 17.2. The van der Waals surface area contributed by atoms with E-state index in [9.17, 15) is 22.8 Å². The number of amides is 1. The molecule has 2 atom stereocenters. The second-order valence-corrected chi connectivity index (χ2v) is 5.14. The molecule has 0 fully saturated rings. The van der Waals surface area contributed by atoms with Crippen molar-refractivity contribution in [3.05, 3.63) is 23.8 Å². The van der Waals surface area contributed by atoms with Gasteiger partial charge in [-0.15, -0.1) is 5.06 Å². The van der Waals surface area contributed by atoms with Crippen LogP contribution in [0.15, 0.2) is 28.8 Å². The molecule has 9 heteroatoms. The van der Waals surface area contributed by atoms with Crippen LogP contribution in [0.3, 0.4) is 0 Å². The molecule has 23 heavy (non-hydrogen) atoms. The van der Waals surface area contributed by atoms with Crippen molar-refractivity contribution < 1.29 is 27.6 Å². The number of rotatable bonds is 4. The molecule has 0 saturated carbocycles. The normalized spacial score (nSPS) is 25.0. The largest absolute Gasteiger partial charge is 0.470 e.